The predicted molar refractivity (Wildman–Crippen MR) is 313 cm³/mol. The van der Waals surface area contributed by atoms with Crippen molar-refractivity contribution in [3.8, 4) is 0 Å². The molecule has 11 rings (SSSR count). The van der Waals surface area contributed by atoms with E-state index in [2.05, 4.69) is 40.7 Å². The van der Waals surface area contributed by atoms with Crippen molar-refractivity contribution in [2.45, 2.75) is 277 Å². The van der Waals surface area contributed by atoms with Gasteiger partial charge in [-0.15, -0.1) is 0 Å². The lowest BCUT2D eigenvalue weighted by Crippen LogP contribution is -2.70. The summed E-state index contributed by atoms with van der Waals surface area (Å²) >= 11 is 0. The van der Waals surface area contributed by atoms with Crippen LogP contribution in [0.2, 0.25) is 0 Å². The molecule has 0 amide bonds. The van der Waals surface area contributed by atoms with Crippen LogP contribution in [-0.4, -0.2) is 327 Å². The Morgan fingerprint density at radius 3 is 1.83 bits per heavy atom. The molecule has 0 aromatic heterocycles. The van der Waals surface area contributed by atoms with Crippen molar-refractivity contribution in [2.75, 3.05) is 46.2 Å². The number of fused-ring (bicyclic) bond motifs is 7. The highest BCUT2D eigenvalue weighted by Gasteiger charge is 2.73. The van der Waals surface area contributed by atoms with Crippen LogP contribution >= 0.6 is 0 Å². The average Bonchev–Trinajstić information content (AvgIpc) is 1.39. The predicted octanol–water partition coefficient (Wildman–Crippen LogP) is -6.53. The lowest BCUT2D eigenvalue weighted by atomic mass is 9.33. The molecule has 5 aliphatic carbocycles. The molecule has 0 radical (unpaired) electrons. The molecule has 6 heterocycles. The van der Waals surface area contributed by atoms with Gasteiger partial charge in [0.2, 0.25) is 6.29 Å². The second kappa shape index (κ2) is 27.3. The highest BCUT2D eigenvalue weighted by Crippen LogP contribution is 2.76. The second-order valence-electron chi connectivity index (χ2n) is 30.8. The first kappa shape index (κ1) is 74.2. The summed E-state index contributed by atoms with van der Waals surface area (Å²) in [5.41, 5.74) is -6.52. The summed E-state index contributed by atoms with van der Waals surface area (Å²) in [4.78, 5) is 15.5. The molecule has 11 aliphatic rings. The molecule has 0 aromatic carbocycles. The molecule has 37 atom stereocenters. The van der Waals surface area contributed by atoms with Crippen LogP contribution in [0.5, 0.6) is 0 Å². The number of aliphatic hydroxyl groups is 19. The SMILES string of the molecule is CC1OC(OC2C(OC(=O)C34CCC(C)(C)CC3C3=CCC5C6(C)CC(O)C(OC7OC(COC8OC(CO)C(O)C(O)C8O)C(O)C(O)C7O)C(C)(CO)C6CCC5(C)C3(C)CC4O)OCC(O)C2O)C(O)C(O)C1OC1OCC(O)C(OC2OCC(O)(CO)C2O)C1O. The van der Waals surface area contributed by atoms with Crippen LogP contribution in [-0.2, 0) is 61.6 Å². The quantitative estimate of drug-likeness (QED) is 0.0388. The minimum Gasteiger partial charge on any atom is -0.432 e. The van der Waals surface area contributed by atoms with Crippen molar-refractivity contribution in [3.63, 3.8) is 0 Å². The number of allylic oxidation sites excluding steroid dienone is 2. The zero-order valence-corrected chi connectivity index (χ0v) is 54.4. The van der Waals surface area contributed by atoms with Crippen LogP contribution in [0.25, 0.3) is 0 Å². The molecule has 95 heavy (non-hydrogen) atoms. The minimum absolute atomic E-state index is 0.0780. The van der Waals surface area contributed by atoms with Crippen molar-refractivity contribution < 1.29 is 159 Å². The fourth-order valence-electron chi connectivity index (χ4n) is 18.8. The average molecular weight is 1370 g/mol. The molecule has 546 valence electrons. The molecule has 6 aliphatic heterocycles. The molecule has 0 bridgehead atoms. The largest absolute Gasteiger partial charge is 0.432 e. The van der Waals surface area contributed by atoms with Crippen LogP contribution in [0.4, 0.5) is 0 Å². The van der Waals surface area contributed by atoms with Crippen LogP contribution in [0, 0.1) is 50.2 Å². The van der Waals surface area contributed by atoms with Gasteiger partial charge in [-0.2, -0.15) is 0 Å². The molecule has 19 N–H and O–H groups in total. The summed E-state index contributed by atoms with van der Waals surface area (Å²) in [6.07, 6.45) is -41.3. The molecule has 6 saturated heterocycles. The fourth-order valence-corrected chi connectivity index (χ4v) is 18.8. The van der Waals surface area contributed by atoms with E-state index in [1.54, 1.807) is 6.92 Å². The van der Waals surface area contributed by atoms with E-state index in [-0.39, 0.29) is 36.5 Å². The van der Waals surface area contributed by atoms with Gasteiger partial charge in [0, 0.05) is 5.41 Å². The summed E-state index contributed by atoms with van der Waals surface area (Å²) in [7, 11) is 0. The minimum atomic E-state index is -2.09. The Kier molecular flexibility index (Phi) is 21.3. The molecular formula is C63H102O32. The van der Waals surface area contributed by atoms with Crippen molar-refractivity contribution in [3.05, 3.63) is 11.6 Å². The maximum atomic E-state index is 15.5. The van der Waals surface area contributed by atoms with Gasteiger partial charge in [0.25, 0.3) is 0 Å². The zero-order chi connectivity index (χ0) is 69.4. The summed E-state index contributed by atoms with van der Waals surface area (Å²) < 4.78 is 70.2. The van der Waals surface area contributed by atoms with E-state index < -0.39 is 263 Å². The maximum absolute atomic E-state index is 15.5. The Bertz CT molecular complexity index is 2700. The standard InChI is InChI=1S/C63H102O32/c1-24-45(91-51-44(80)46(29(69)19-84-51)92-55-48(81)62(83,22-66)23-87-55)40(76)43(79)52(88-24)93-47-35(71)28(68)18-85-54(47)95-56(82)63-13-12-57(2,3)14-26(63)25-8-9-33-58(4)15-27(67)49(59(5,21-65)32(58)10-11-60(33,6)61(25,7)16-34(63)70)94-53-42(78)39(75)37(73)31(90-53)20-86-50-41(77)38(74)36(72)30(17-64)89-50/h8,24,26-55,64-81,83H,9-23H2,1-7H3. The number of aliphatic hydroxyl groups excluding tert-OH is 18. The van der Waals surface area contributed by atoms with Gasteiger partial charge in [0.1, 0.15) is 115 Å². The number of carbonyl (C=O) groups excluding carboxylic acids is 1. The normalized spacial score (nSPS) is 55.5. The number of esters is 1. The Balaban J connectivity index is 0.786. The van der Waals surface area contributed by atoms with E-state index in [1.165, 1.54) is 6.92 Å². The Morgan fingerprint density at radius 2 is 1.17 bits per heavy atom. The first-order valence-electron chi connectivity index (χ1n) is 33.2. The van der Waals surface area contributed by atoms with Crippen molar-refractivity contribution >= 4 is 5.97 Å². The number of ether oxygens (including phenoxy) is 12. The fraction of sp³-hybridized carbons (Fsp3) is 0.952. The van der Waals surface area contributed by atoms with Gasteiger partial charge < -0.3 is 154 Å². The van der Waals surface area contributed by atoms with Crippen LogP contribution < -0.4 is 0 Å². The molecule has 4 saturated carbocycles. The third-order valence-electron chi connectivity index (χ3n) is 24.6. The topological polar surface area (TPSA) is 512 Å². The Morgan fingerprint density at radius 1 is 0.558 bits per heavy atom. The smallest absolute Gasteiger partial charge is 0.317 e. The van der Waals surface area contributed by atoms with Gasteiger partial charge in [-0.3, -0.25) is 4.79 Å². The molecule has 32 heteroatoms. The summed E-state index contributed by atoms with van der Waals surface area (Å²) in [5.74, 6) is -2.08. The lowest BCUT2D eigenvalue weighted by Gasteiger charge is -2.72. The summed E-state index contributed by atoms with van der Waals surface area (Å²) in [5, 5.41) is 210. The lowest BCUT2D eigenvalue weighted by molar-refractivity contribution is -0.372. The Labute approximate surface area is 548 Å². The number of hydrogen-bond donors (Lipinski definition) is 19. The van der Waals surface area contributed by atoms with E-state index in [9.17, 15) is 97.0 Å². The number of hydrogen-bond acceptors (Lipinski definition) is 32. The van der Waals surface area contributed by atoms with E-state index in [0.717, 1.165) is 5.57 Å². The van der Waals surface area contributed by atoms with Crippen LogP contribution in [0.1, 0.15) is 99.8 Å². The van der Waals surface area contributed by atoms with E-state index in [4.69, 9.17) is 56.8 Å². The highest BCUT2D eigenvalue weighted by atomic mass is 16.8. The molecule has 37 unspecified atom stereocenters. The summed E-state index contributed by atoms with van der Waals surface area (Å²) in [6.45, 7) is 9.42. The van der Waals surface area contributed by atoms with Gasteiger partial charge in [0.15, 0.2) is 37.6 Å². The van der Waals surface area contributed by atoms with Crippen molar-refractivity contribution in [2.24, 2.45) is 50.2 Å². The third-order valence-corrected chi connectivity index (χ3v) is 24.6. The van der Waals surface area contributed by atoms with Crippen LogP contribution in [0.3, 0.4) is 0 Å². The van der Waals surface area contributed by atoms with E-state index in [1.807, 2.05) is 0 Å². The van der Waals surface area contributed by atoms with Crippen molar-refractivity contribution in [1.29, 1.82) is 0 Å². The second-order valence-corrected chi connectivity index (χ2v) is 30.8. The summed E-state index contributed by atoms with van der Waals surface area (Å²) in [6, 6.07) is 0. The molecule has 10 fully saturated rings. The van der Waals surface area contributed by atoms with Crippen LogP contribution in [0.15, 0.2) is 11.6 Å². The maximum Gasteiger partial charge on any atom is 0.317 e. The molecule has 0 aromatic rings. The molecule has 32 nitrogen and oxygen atoms in total. The number of carbonyl (C=O) groups is 1. The van der Waals surface area contributed by atoms with E-state index in [0.29, 0.717) is 32.1 Å². The number of rotatable bonds is 16. The van der Waals surface area contributed by atoms with Crippen molar-refractivity contribution in [1.82, 2.24) is 0 Å². The van der Waals surface area contributed by atoms with Gasteiger partial charge >= 0.3 is 5.97 Å². The van der Waals surface area contributed by atoms with E-state index >= 15 is 4.79 Å². The highest BCUT2D eigenvalue weighted by molar-refractivity contribution is 5.80. The molecule has 0 spiro atoms. The zero-order valence-electron chi connectivity index (χ0n) is 54.4. The third kappa shape index (κ3) is 12.4. The monoisotopic (exact) mass is 1370 g/mol. The first-order valence-corrected chi connectivity index (χ1v) is 33.2. The Hall–Kier alpha value is -1.99. The first-order chi connectivity index (χ1) is 44.5. The van der Waals surface area contributed by atoms with Gasteiger partial charge in [0.05, 0.1) is 70.7 Å². The molecular weight excluding hydrogens is 1270 g/mol. The van der Waals surface area contributed by atoms with Gasteiger partial charge in [-0.05, 0) is 97.7 Å². The van der Waals surface area contributed by atoms with Gasteiger partial charge in [-0.1, -0.05) is 53.2 Å². The van der Waals surface area contributed by atoms with Gasteiger partial charge in [-0.25, -0.2) is 0 Å².